The molecule has 0 saturated heterocycles. The van der Waals surface area contributed by atoms with Crippen LogP contribution in [0.5, 0.6) is 5.75 Å². The largest absolute Gasteiger partial charge is 0.497 e. The lowest BCUT2D eigenvalue weighted by Gasteiger charge is -2.20. The van der Waals surface area contributed by atoms with Crippen LogP contribution in [0.3, 0.4) is 0 Å². The van der Waals surface area contributed by atoms with Gasteiger partial charge in [0.05, 0.1) is 19.3 Å². The minimum Gasteiger partial charge on any atom is -0.497 e. The van der Waals surface area contributed by atoms with Gasteiger partial charge in [-0.15, -0.1) is 0 Å². The molecular formula is C14H19BrO2. The maximum absolute atomic E-state index is 6.13. The molecule has 1 saturated carbocycles. The molecule has 3 heteroatoms. The van der Waals surface area contributed by atoms with E-state index in [1.807, 2.05) is 12.1 Å². The second-order valence-electron chi connectivity index (χ2n) is 4.46. The summed E-state index contributed by atoms with van der Waals surface area (Å²) in [6, 6.07) is 8.14. The summed E-state index contributed by atoms with van der Waals surface area (Å²) in [4.78, 5) is 0. The van der Waals surface area contributed by atoms with E-state index in [0.717, 1.165) is 11.1 Å². The molecular weight excluding hydrogens is 280 g/mol. The quantitative estimate of drug-likeness (QED) is 0.762. The first-order valence-corrected chi connectivity index (χ1v) is 7.31. The fraction of sp³-hybridized carbons (Fsp3) is 0.571. The van der Waals surface area contributed by atoms with Crippen molar-refractivity contribution >= 4 is 15.9 Å². The Morgan fingerprint density at radius 1 is 1.24 bits per heavy atom. The van der Waals surface area contributed by atoms with Gasteiger partial charge in [-0.1, -0.05) is 40.9 Å². The lowest BCUT2D eigenvalue weighted by atomic mass is 10.1. The molecule has 1 fully saturated rings. The molecule has 0 aliphatic heterocycles. The van der Waals surface area contributed by atoms with Gasteiger partial charge in [-0.05, 0) is 30.5 Å². The maximum atomic E-state index is 6.13. The highest BCUT2D eigenvalue weighted by Crippen LogP contribution is 2.29. The molecule has 2 rings (SSSR count). The van der Waals surface area contributed by atoms with Crippen molar-refractivity contribution in [3.05, 3.63) is 29.8 Å². The molecule has 0 amide bonds. The van der Waals surface area contributed by atoms with Crippen molar-refractivity contribution in [3.8, 4) is 5.75 Å². The molecule has 0 radical (unpaired) electrons. The van der Waals surface area contributed by atoms with Gasteiger partial charge in [-0.2, -0.15) is 0 Å². The topological polar surface area (TPSA) is 18.5 Å². The van der Waals surface area contributed by atoms with Crippen molar-refractivity contribution in [2.45, 2.75) is 37.9 Å². The zero-order valence-electron chi connectivity index (χ0n) is 10.2. The van der Waals surface area contributed by atoms with Crippen molar-refractivity contribution in [2.24, 2.45) is 0 Å². The molecule has 1 aromatic carbocycles. The Morgan fingerprint density at radius 3 is 2.41 bits per heavy atom. The summed E-state index contributed by atoms with van der Waals surface area (Å²) in [5, 5.41) is 0.843. The van der Waals surface area contributed by atoms with Gasteiger partial charge in [-0.3, -0.25) is 0 Å². The summed E-state index contributed by atoms with van der Waals surface area (Å²) >= 11 is 3.54. The van der Waals surface area contributed by atoms with Gasteiger partial charge in [0.15, 0.2) is 0 Å². The van der Waals surface area contributed by atoms with E-state index in [9.17, 15) is 0 Å². The summed E-state index contributed by atoms with van der Waals surface area (Å²) in [6.07, 6.45) is 5.63. The van der Waals surface area contributed by atoms with Gasteiger partial charge < -0.3 is 9.47 Å². The van der Waals surface area contributed by atoms with Crippen LogP contribution in [-0.4, -0.2) is 18.5 Å². The van der Waals surface area contributed by atoms with E-state index in [4.69, 9.17) is 9.47 Å². The van der Waals surface area contributed by atoms with Crippen LogP contribution in [0.1, 0.15) is 37.4 Å². The number of alkyl halides is 1. The zero-order valence-corrected chi connectivity index (χ0v) is 11.8. The Balaban J connectivity index is 2.00. The van der Waals surface area contributed by atoms with Crippen LogP contribution in [0.25, 0.3) is 0 Å². The van der Waals surface area contributed by atoms with E-state index in [-0.39, 0.29) is 6.10 Å². The number of ether oxygens (including phenoxy) is 2. The smallest absolute Gasteiger partial charge is 0.118 e. The molecule has 2 nitrogen and oxygen atoms in total. The van der Waals surface area contributed by atoms with Gasteiger partial charge in [0.1, 0.15) is 5.75 Å². The van der Waals surface area contributed by atoms with Gasteiger partial charge in [0, 0.05) is 5.33 Å². The van der Waals surface area contributed by atoms with E-state index in [0.29, 0.717) is 6.10 Å². The molecule has 1 atom stereocenters. The lowest BCUT2D eigenvalue weighted by Crippen LogP contribution is -2.14. The summed E-state index contributed by atoms with van der Waals surface area (Å²) < 4.78 is 11.3. The predicted molar refractivity (Wildman–Crippen MR) is 72.9 cm³/mol. The second kappa shape index (κ2) is 6.41. The predicted octanol–water partition coefficient (Wildman–Crippen LogP) is 4.09. The van der Waals surface area contributed by atoms with Gasteiger partial charge >= 0.3 is 0 Å². The minimum atomic E-state index is 0.156. The first kappa shape index (κ1) is 12.9. The minimum absolute atomic E-state index is 0.156. The number of rotatable bonds is 5. The van der Waals surface area contributed by atoms with Crippen molar-refractivity contribution in [1.29, 1.82) is 0 Å². The van der Waals surface area contributed by atoms with E-state index >= 15 is 0 Å². The van der Waals surface area contributed by atoms with Crippen LogP contribution >= 0.6 is 15.9 Å². The molecule has 1 aliphatic carbocycles. The first-order valence-electron chi connectivity index (χ1n) is 6.19. The summed E-state index contributed by atoms with van der Waals surface area (Å²) in [5.74, 6) is 0.892. The number of halogens is 1. The third-order valence-electron chi connectivity index (χ3n) is 3.29. The molecule has 0 bridgehead atoms. The van der Waals surface area contributed by atoms with Gasteiger partial charge in [0.2, 0.25) is 0 Å². The molecule has 0 N–H and O–H groups in total. The molecule has 94 valence electrons. The molecule has 0 aromatic heterocycles. The number of benzene rings is 1. The SMILES string of the molecule is COc1ccc(C(CBr)OC2CCCC2)cc1. The maximum Gasteiger partial charge on any atom is 0.118 e. The van der Waals surface area contributed by atoms with E-state index in [2.05, 4.69) is 28.1 Å². The average Bonchev–Trinajstić information content (AvgIpc) is 2.89. The fourth-order valence-electron chi connectivity index (χ4n) is 2.28. The van der Waals surface area contributed by atoms with Crippen molar-refractivity contribution < 1.29 is 9.47 Å². The summed E-state index contributed by atoms with van der Waals surface area (Å²) in [7, 11) is 1.69. The van der Waals surface area contributed by atoms with Crippen LogP contribution in [0.15, 0.2) is 24.3 Å². The van der Waals surface area contributed by atoms with Crippen LogP contribution in [0, 0.1) is 0 Å². The Hall–Kier alpha value is -0.540. The van der Waals surface area contributed by atoms with E-state index in [1.165, 1.54) is 31.2 Å². The Kier molecular flexibility index (Phi) is 4.86. The highest BCUT2D eigenvalue weighted by molar-refractivity contribution is 9.09. The van der Waals surface area contributed by atoms with Gasteiger partial charge in [0.25, 0.3) is 0 Å². The molecule has 0 heterocycles. The lowest BCUT2D eigenvalue weighted by molar-refractivity contribution is 0.00433. The highest BCUT2D eigenvalue weighted by Gasteiger charge is 2.20. The van der Waals surface area contributed by atoms with Crippen LogP contribution in [-0.2, 0) is 4.74 Å². The molecule has 17 heavy (non-hydrogen) atoms. The number of hydrogen-bond acceptors (Lipinski definition) is 2. The normalized spacial score (nSPS) is 18.2. The first-order chi connectivity index (χ1) is 8.33. The van der Waals surface area contributed by atoms with E-state index in [1.54, 1.807) is 7.11 Å². The van der Waals surface area contributed by atoms with Crippen LogP contribution in [0.4, 0.5) is 0 Å². The van der Waals surface area contributed by atoms with Crippen LogP contribution in [0.2, 0.25) is 0 Å². The van der Waals surface area contributed by atoms with Crippen molar-refractivity contribution in [2.75, 3.05) is 12.4 Å². The second-order valence-corrected chi connectivity index (χ2v) is 5.11. The van der Waals surface area contributed by atoms with Crippen molar-refractivity contribution in [3.63, 3.8) is 0 Å². The van der Waals surface area contributed by atoms with E-state index < -0.39 is 0 Å². The third kappa shape index (κ3) is 3.46. The monoisotopic (exact) mass is 298 g/mol. The summed E-state index contributed by atoms with van der Waals surface area (Å²) in [6.45, 7) is 0. The Morgan fingerprint density at radius 2 is 1.88 bits per heavy atom. The summed E-state index contributed by atoms with van der Waals surface area (Å²) in [5.41, 5.74) is 1.22. The average molecular weight is 299 g/mol. The molecule has 0 spiro atoms. The molecule has 1 aromatic rings. The third-order valence-corrected chi connectivity index (χ3v) is 3.87. The highest BCUT2D eigenvalue weighted by atomic mass is 79.9. The zero-order chi connectivity index (χ0) is 12.1. The standard InChI is InChI=1S/C14H19BrO2/c1-16-12-8-6-11(7-9-12)14(10-15)17-13-4-2-3-5-13/h6-9,13-14H,2-5,10H2,1H3. The Bertz CT molecular complexity index is 331. The molecule has 1 unspecified atom stereocenters. The Labute approximate surface area is 111 Å². The van der Waals surface area contributed by atoms with Crippen molar-refractivity contribution in [1.82, 2.24) is 0 Å². The number of hydrogen-bond donors (Lipinski definition) is 0. The van der Waals surface area contributed by atoms with Gasteiger partial charge in [-0.25, -0.2) is 0 Å². The molecule has 1 aliphatic rings. The fourth-order valence-corrected chi connectivity index (χ4v) is 2.81. The number of methoxy groups -OCH3 is 1. The van der Waals surface area contributed by atoms with Crippen LogP contribution < -0.4 is 4.74 Å².